The molecule has 0 bridgehead atoms. The minimum Gasteiger partial charge on any atom is -0.478 e. The van der Waals surface area contributed by atoms with Crippen molar-refractivity contribution >= 4 is 16.9 Å². The number of carbonyl (C=O) groups is 1. The second-order valence-corrected chi connectivity index (χ2v) is 7.19. The van der Waals surface area contributed by atoms with Crippen LogP contribution in [-0.2, 0) is 12.0 Å². The molecule has 0 atom stereocenters. The summed E-state index contributed by atoms with van der Waals surface area (Å²) in [4.78, 5) is 11.8. The molecule has 120 valence electrons. The number of hydrogen-bond acceptors (Lipinski definition) is 1. The smallest absolute Gasteiger partial charge is 0.337 e. The zero-order chi connectivity index (χ0) is 16.7. The van der Waals surface area contributed by atoms with Crippen LogP contribution < -0.4 is 0 Å². The molecule has 3 heteroatoms. The Morgan fingerprint density at radius 3 is 2.36 bits per heavy atom. The van der Waals surface area contributed by atoms with Crippen molar-refractivity contribution in [2.24, 2.45) is 0 Å². The SMILES string of the molecule is CCCCn1c(C)c(C)c2cc(C(C)(C)C)cc(C(=O)O)c21. The minimum atomic E-state index is -0.841. The van der Waals surface area contributed by atoms with E-state index in [-0.39, 0.29) is 5.41 Å². The van der Waals surface area contributed by atoms with E-state index in [9.17, 15) is 9.90 Å². The molecule has 0 amide bonds. The molecule has 0 spiro atoms. The average Bonchev–Trinajstić information content (AvgIpc) is 2.67. The van der Waals surface area contributed by atoms with Gasteiger partial charge in [-0.1, -0.05) is 34.1 Å². The monoisotopic (exact) mass is 301 g/mol. The molecule has 1 N–H and O–H groups in total. The molecule has 0 radical (unpaired) electrons. The standard InChI is InChI=1S/C19H27NO2/c1-7-8-9-20-13(3)12(2)15-10-14(19(4,5)6)11-16(17(15)20)18(21)22/h10-11H,7-9H2,1-6H3,(H,21,22). The van der Waals surface area contributed by atoms with Crippen molar-refractivity contribution in [2.75, 3.05) is 0 Å². The lowest BCUT2D eigenvalue weighted by atomic mass is 9.85. The number of benzene rings is 1. The second-order valence-electron chi connectivity index (χ2n) is 7.19. The van der Waals surface area contributed by atoms with Gasteiger partial charge < -0.3 is 9.67 Å². The first-order valence-electron chi connectivity index (χ1n) is 8.05. The van der Waals surface area contributed by atoms with E-state index in [4.69, 9.17) is 0 Å². The van der Waals surface area contributed by atoms with Crippen LogP contribution in [0.3, 0.4) is 0 Å². The van der Waals surface area contributed by atoms with Crippen molar-refractivity contribution in [1.82, 2.24) is 4.57 Å². The number of unbranched alkanes of at least 4 members (excludes halogenated alkanes) is 1. The third kappa shape index (κ3) is 2.77. The van der Waals surface area contributed by atoms with Crippen LogP contribution in [0.4, 0.5) is 0 Å². The molecular weight excluding hydrogens is 274 g/mol. The normalized spacial score (nSPS) is 12.1. The van der Waals surface area contributed by atoms with Crippen molar-refractivity contribution in [3.63, 3.8) is 0 Å². The summed E-state index contributed by atoms with van der Waals surface area (Å²) < 4.78 is 2.18. The van der Waals surface area contributed by atoms with Gasteiger partial charge in [-0.3, -0.25) is 0 Å². The van der Waals surface area contributed by atoms with Gasteiger partial charge in [-0.05, 0) is 48.9 Å². The summed E-state index contributed by atoms with van der Waals surface area (Å²) in [6.45, 7) is 13.6. The quantitative estimate of drug-likeness (QED) is 0.858. The van der Waals surface area contributed by atoms with E-state index in [1.54, 1.807) is 0 Å². The van der Waals surface area contributed by atoms with E-state index in [2.05, 4.69) is 52.2 Å². The average molecular weight is 301 g/mol. The van der Waals surface area contributed by atoms with E-state index in [0.29, 0.717) is 5.56 Å². The molecule has 2 rings (SSSR count). The maximum absolute atomic E-state index is 11.8. The van der Waals surface area contributed by atoms with E-state index in [1.807, 2.05) is 6.07 Å². The maximum Gasteiger partial charge on any atom is 0.337 e. The Morgan fingerprint density at radius 2 is 1.86 bits per heavy atom. The lowest BCUT2D eigenvalue weighted by Crippen LogP contribution is -2.13. The number of aromatic nitrogens is 1. The minimum absolute atomic E-state index is 0.0652. The Bertz CT molecular complexity index is 717. The molecule has 0 saturated heterocycles. The summed E-state index contributed by atoms with van der Waals surface area (Å²) in [7, 11) is 0. The molecule has 0 unspecified atom stereocenters. The summed E-state index contributed by atoms with van der Waals surface area (Å²) in [6.07, 6.45) is 2.16. The summed E-state index contributed by atoms with van der Waals surface area (Å²) in [6, 6.07) is 4.03. The van der Waals surface area contributed by atoms with Crippen LogP contribution in [-0.4, -0.2) is 15.6 Å². The summed E-state index contributed by atoms with van der Waals surface area (Å²) in [5, 5.41) is 10.8. The summed E-state index contributed by atoms with van der Waals surface area (Å²) in [5.74, 6) is -0.841. The first kappa shape index (κ1) is 16.6. The highest BCUT2D eigenvalue weighted by Gasteiger charge is 2.23. The molecule has 1 heterocycles. The first-order chi connectivity index (χ1) is 10.2. The number of aryl methyl sites for hydroxylation is 2. The molecule has 1 aromatic carbocycles. The van der Waals surface area contributed by atoms with Gasteiger partial charge in [0.1, 0.15) is 0 Å². The van der Waals surface area contributed by atoms with Crippen LogP contribution in [0, 0.1) is 13.8 Å². The van der Waals surface area contributed by atoms with Gasteiger partial charge >= 0.3 is 5.97 Å². The summed E-state index contributed by atoms with van der Waals surface area (Å²) in [5.41, 5.74) is 4.69. The fourth-order valence-electron chi connectivity index (χ4n) is 2.97. The van der Waals surface area contributed by atoms with Gasteiger partial charge in [-0.2, -0.15) is 0 Å². The predicted molar refractivity (Wildman–Crippen MR) is 92.0 cm³/mol. The molecular formula is C19H27NO2. The number of aromatic carboxylic acids is 1. The van der Waals surface area contributed by atoms with E-state index < -0.39 is 5.97 Å². The molecule has 0 aliphatic rings. The first-order valence-corrected chi connectivity index (χ1v) is 8.05. The van der Waals surface area contributed by atoms with Crippen LogP contribution in [0.2, 0.25) is 0 Å². The van der Waals surface area contributed by atoms with Gasteiger partial charge in [0.2, 0.25) is 0 Å². The Kier molecular flexibility index (Phi) is 4.37. The molecule has 0 aliphatic carbocycles. The number of nitrogens with zero attached hydrogens (tertiary/aromatic N) is 1. The topological polar surface area (TPSA) is 42.2 Å². The number of rotatable bonds is 4. The van der Waals surface area contributed by atoms with Crippen molar-refractivity contribution in [3.05, 3.63) is 34.5 Å². The number of carboxylic acid groups (broad SMARTS) is 1. The highest BCUT2D eigenvalue weighted by atomic mass is 16.4. The lowest BCUT2D eigenvalue weighted by molar-refractivity contribution is 0.0698. The van der Waals surface area contributed by atoms with Crippen molar-refractivity contribution < 1.29 is 9.90 Å². The van der Waals surface area contributed by atoms with Crippen LogP contribution in [0.1, 0.15) is 67.7 Å². The Balaban J connectivity index is 2.84. The van der Waals surface area contributed by atoms with Gasteiger partial charge in [0.25, 0.3) is 0 Å². The van der Waals surface area contributed by atoms with Crippen LogP contribution in [0.25, 0.3) is 10.9 Å². The van der Waals surface area contributed by atoms with Crippen molar-refractivity contribution in [2.45, 2.75) is 66.3 Å². The van der Waals surface area contributed by atoms with Crippen molar-refractivity contribution in [3.8, 4) is 0 Å². The van der Waals surface area contributed by atoms with Gasteiger partial charge in [0, 0.05) is 17.6 Å². The molecule has 1 aromatic heterocycles. The van der Waals surface area contributed by atoms with Crippen LogP contribution in [0.15, 0.2) is 12.1 Å². The van der Waals surface area contributed by atoms with Crippen LogP contribution >= 0.6 is 0 Å². The Morgan fingerprint density at radius 1 is 1.23 bits per heavy atom. The Hall–Kier alpha value is -1.77. The number of fused-ring (bicyclic) bond motifs is 1. The van der Waals surface area contributed by atoms with Crippen LogP contribution in [0.5, 0.6) is 0 Å². The zero-order valence-electron chi connectivity index (χ0n) is 14.6. The van der Waals surface area contributed by atoms with Gasteiger partial charge in [0.05, 0.1) is 11.1 Å². The number of carboxylic acids is 1. The van der Waals surface area contributed by atoms with Crippen molar-refractivity contribution in [1.29, 1.82) is 0 Å². The molecule has 0 fully saturated rings. The predicted octanol–water partition coefficient (Wildman–Crippen LogP) is 5.05. The third-order valence-electron chi connectivity index (χ3n) is 4.56. The van der Waals surface area contributed by atoms with Gasteiger partial charge in [-0.15, -0.1) is 0 Å². The molecule has 22 heavy (non-hydrogen) atoms. The van der Waals surface area contributed by atoms with E-state index >= 15 is 0 Å². The molecule has 3 nitrogen and oxygen atoms in total. The third-order valence-corrected chi connectivity index (χ3v) is 4.56. The van der Waals surface area contributed by atoms with Gasteiger partial charge in [-0.25, -0.2) is 4.79 Å². The van der Waals surface area contributed by atoms with E-state index in [0.717, 1.165) is 35.9 Å². The maximum atomic E-state index is 11.8. The largest absolute Gasteiger partial charge is 0.478 e. The van der Waals surface area contributed by atoms with Gasteiger partial charge in [0.15, 0.2) is 0 Å². The second kappa shape index (κ2) is 5.79. The lowest BCUT2D eigenvalue weighted by Gasteiger charge is -2.20. The summed E-state index contributed by atoms with van der Waals surface area (Å²) >= 11 is 0. The highest BCUT2D eigenvalue weighted by Crippen LogP contribution is 2.34. The highest BCUT2D eigenvalue weighted by molar-refractivity contribution is 6.04. The molecule has 2 aromatic rings. The number of hydrogen-bond donors (Lipinski definition) is 1. The molecule has 0 saturated carbocycles. The molecule has 0 aliphatic heterocycles. The fraction of sp³-hybridized carbons (Fsp3) is 0.526. The van der Waals surface area contributed by atoms with E-state index in [1.165, 1.54) is 11.3 Å². The Labute approximate surface area is 133 Å². The fourth-order valence-corrected chi connectivity index (χ4v) is 2.97. The zero-order valence-corrected chi connectivity index (χ0v) is 14.6.